The molecule has 0 aliphatic carbocycles. The highest BCUT2D eigenvalue weighted by Gasteiger charge is 2.04. The van der Waals surface area contributed by atoms with Crippen molar-refractivity contribution in [3.63, 3.8) is 0 Å². The van der Waals surface area contributed by atoms with Gasteiger partial charge in [0.25, 0.3) is 5.91 Å². The third-order valence-corrected chi connectivity index (χ3v) is 3.98. The predicted molar refractivity (Wildman–Crippen MR) is 108 cm³/mol. The zero-order chi connectivity index (χ0) is 18.6. The first kappa shape index (κ1) is 19.5. The molecule has 0 aromatic heterocycles. The standard InChI is InChI=1S/C21H28N4O/c1-17-8-6-12-19(16-17)20(26)23-14-15-25-21(22-2)24-13-7-11-18-9-4-3-5-10-18/h3-6,8-10,12,16H,7,11,13-15H2,1-2H3,(H,23,26)(H2,22,24,25). The highest BCUT2D eigenvalue weighted by Crippen LogP contribution is 2.03. The predicted octanol–water partition coefficient (Wildman–Crippen LogP) is 2.52. The molecule has 0 saturated heterocycles. The molecule has 0 aliphatic rings. The molecular weight excluding hydrogens is 324 g/mol. The fourth-order valence-electron chi connectivity index (χ4n) is 2.61. The molecule has 0 bridgehead atoms. The van der Waals surface area contributed by atoms with Crippen LogP contribution in [0, 0.1) is 6.92 Å². The zero-order valence-electron chi connectivity index (χ0n) is 15.6. The largest absolute Gasteiger partial charge is 0.356 e. The lowest BCUT2D eigenvalue weighted by Crippen LogP contribution is -2.41. The van der Waals surface area contributed by atoms with Crippen molar-refractivity contribution in [1.82, 2.24) is 16.0 Å². The van der Waals surface area contributed by atoms with Crippen LogP contribution >= 0.6 is 0 Å². The smallest absolute Gasteiger partial charge is 0.251 e. The molecule has 0 saturated carbocycles. The maximum atomic E-state index is 12.1. The minimum Gasteiger partial charge on any atom is -0.356 e. The summed E-state index contributed by atoms with van der Waals surface area (Å²) in [6, 6.07) is 18.0. The third-order valence-electron chi connectivity index (χ3n) is 3.98. The van der Waals surface area contributed by atoms with Gasteiger partial charge >= 0.3 is 0 Å². The second-order valence-corrected chi connectivity index (χ2v) is 6.14. The lowest BCUT2D eigenvalue weighted by molar-refractivity contribution is 0.0954. The van der Waals surface area contributed by atoms with Crippen molar-refractivity contribution in [2.24, 2.45) is 4.99 Å². The van der Waals surface area contributed by atoms with Crippen molar-refractivity contribution in [3.05, 3.63) is 71.3 Å². The van der Waals surface area contributed by atoms with E-state index in [1.807, 2.05) is 37.3 Å². The molecule has 0 spiro atoms. The van der Waals surface area contributed by atoms with Crippen LogP contribution in [0.1, 0.15) is 27.9 Å². The molecule has 0 unspecified atom stereocenters. The van der Waals surface area contributed by atoms with E-state index >= 15 is 0 Å². The van der Waals surface area contributed by atoms with Gasteiger partial charge in [0.15, 0.2) is 5.96 Å². The van der Waals surface area contributed by atoms with Gasteiger partial charge in [-0.15, -0.1) is 0 Å². The third kappa shape index (κ3) is 6.97. The number of carbonyl (C=O) groups is 1. The van der Waals surface area contributed by atoms with E-state index in [0.29, 0.717) is 18.7 Å². The average Bonchev–Trinajstić information content (AvgIpc) is 2.67. The maximum Gasteiger partial charge on any atom is 0.251 e. The Balaban J connectivity index is 1.60. The highest BCUT2D eigenvalue weighted by molar-refractivity contribution is 5.94. The van der Waals surface area contributed by atoms with Crippen LogP contribution in [0.2, 0.25) is 0 Å². The van der Waals surface area contributed by atoms with Crippen LogP contribution in [-0.4, -0.2) is 38.5 Å². The van der Waals surface area contributed by atoms with Gasteiger partial charge in [0.2, 0.25) is 0 Å². The minimum atomic E-state index is -0.0543. The SMILES string of the molecule is CN=C(NCCCc1ccccc1)NCCNC(=O)c1cccc(C)c1. The Hall–Kier alpha value is -2.82. The van der Waals surface area contributed by atoms with Crippen LogP contribution in [-0.2, 0) is 6.42 Å². The summed E-state index contributed by atoms with van der Waals surface area (Å²) in [4.78, 5) is 16.3. The van der Waals surface area contributed by atoms with Crippen molar-refractivity contribution in [2.75, 3.05) is 26.7 Å². The fraction of sp³-hybridized carbons (Fsp3) is 0.333. The number of aryl methyl sites for hydroxylation is 2. The molecule has 0 heterocycles. The molecule has 2 rings (SSSR count). The van der Waals surface area contributed by atoms with E-state index < -0.39 is 0 Å². The van der Waals surface area contributed by atoms with Gasteiger partial charge in [-0.05, 0) is 37.5 Å². The van der Waals surface area contributed by atoms with Gasteiger partial charge in [0.05, 0.1) is 0 Å². The normalized spacial score (nSPS) is 11.1. The first-order chi connectivity index (χ1) is 12.7. The first-order valence-corrected chi connectivity index (χ1v) is 9.02. The van der Waals surface area contributed by atoms with Gasteiger partial charge in [0, 0.05) is 32.2 Å². The van der Waals surface area contributed by atoms with Crippen molar-refractivity contribution < 1.29 is 4.79 Å². The molecular formula is C21H28N4O. The monoisotopic (exact) mass is 352 g/mol. The molecule has 1 amide bonds. The Labute approximate surface area is 155 Å². The van der Waals surface area contributed by atoms with Crippen LogP contribution in [0.3, 0.4) is 0 Å². The summed E-state index contributed by atoms with van der Waals surface area (Å²) in [5.41, 5.74) is 3.11. The second kappa shape index (κ2) is 10.9. The van der Waals surface area contributed by atoms with Gasteiger partial charge in [-0.1, -0.05) is 48.0 Å². The molecule has 5 nitrogen and oxygen atoms in total. The number of amides is 1. The molecule has 26 heavy (non-hydrogen) atoms. The van der Waals surface area contributed by atoms with E-state index in [0.717, 1.165) is 30.9 Å². The van der Waals surface area contributed by atoms with Crippen molar-refractivity contribution in [2.45, 2.75) is 19.8 Å². The van der Waals surface area contributed by atoms with Crippen LogP contribution in [0.5, 0.6) is 0 Å². The number of guanidine groups is 1. The number of carbonyl (C=O) groups excluding carboxylic acids is 1. The van der Waals surface area contributed by atoms with Crippen LogP contribution in [0.25, 0.3) is 0 Å². The summed E-state index contributed by atoms with van der Waals surface area (Å²) in [5.74, 6) is 0.698. The van der Waals surface area contributed by atoms with E-state index in [9.17, 15) is 4.79 Å². The topological polar surface area (TPSA) is 65.5 Å². The Morgan fingerprint density at radius 2 is 1.65 bits per heavy atom. The molecule has 5 heteroatoms. The summed E-state index contributed by atoms with van der Waals surface area (Å²) in [6.07, 6.45) is 2.08. The Kier molecular flexibility index (Phi) is 8.19. The summed E-state index contributed by atoms with van der Waals surface area (Å²) in [7, 11) is 1.75. The molecule has 0 radical (unpaired) electrons. The van der Waals surface area contributed by atoms with Crippen LogP contribution in [0.4, 0.5) is 0 Å². The molecule has 0 fully saturated rings. The van der Waals surface area contributed by atoms with E-state index in [-0.39, 0.29) is 5.91 Å². The first-order valence-electron chi connectivity index (χ1n) is 9.02. The average molecular weight is 352 g/mol. The Bertz CT molecular complexity index is 713. The summed E-state index contributed by atoms with van der Waals surface area (Å²) >= 11 is 0. The molecule has 0 aliphatic heterocycles. The Morgan fingerprint density at radius 1 is 0.923 bits per heavy atom. The van der Waals surface area contributed by atoms with E-state index in [1.54, 1.807) is 7.05 Å². The molecule has 2 aromatic carbocycles. The molecule has 0 atom stereocenters. The van der Waals surface area contributed by atoms with Gasteiger partial charge in [-0.2, -0.15) is 0 Å². The highest BCUT2D eigenvalue weighted by atomic mass is 16.1. The number of nitrogens with zero attached hydrogens (tertiary/aromatic N) is 1. The number of aliphatic imine (C=N–C) groups is 1. The summed E-state index contributed by atoms with van der Waals surface area (Å²) in [5, 5.41) is 9.41. The summed E-state index contributed by atoms with van der Waals surface area (Å²) in [6.45, 7) is 3.99. The number of rotatable bonds is 8. The lowest BCUT2D eigenvalue weighted by Gasteiger charge is -2.12. The van der Waals surface area contributed by atoms with Crippen LogP contribution in [0.15, 0.2) is 59.6 Å². The second-order valence-electron chi connectivity index (χ2n) is 6.14. The fourth-order valence-corrected chi connectivity index (χ4v) is 2.61. The minimum absolute atomic E-state index is 0.0543. The van der Waals surface area contributed by atoms with Gasteiger partial charge in [-0.3, -0.25) is 9.79 Å². The quantitative estimate of drug-likeness (QED) is 0.389. The van der Waals surface area contributed by atoms with Gasteiger partial charge in [0.1, 0.15) is 0 Å². The molecule has 138 valence electrons. The van der Waals surface area contributed by atoms with E-state index in [1.165, 1.54) is 5.56 Å². The number of nitrogens with one attached hydrogen (secondary N) is 3. The number of hydrogen-bond acceptors (Lipinski definition) is 2. The van der Waals surface area contributed by atoms with Crippen molar-refractivity contribution in [3.8, 4) is 0 Å². The maximum absolute atomic E-state index is 12.1. The number of benzene rings is 2. The molecule has 3 N–H and O–H groups in total. The lowest BCUT2D eigenvalue weighted by atomic mass is 10.1. The summed E-state index contributed by atoms with van der Waals surface area (Å²) < 4.78 is 0. The van der Waals surface area contributed by atoms with Crippen molar-refractivity contribution in [1.29, 1.82) is 0 Å². The van der Waals surface area contributed by atoms with Crippen molar-refractivity contribution >= 4 is 11.9 Å². The zero-order valence-corrected chi connectivity index (χ0v) is 15.6. The van der Waals surface area contributed by atoms with Gasteiger partial charge < -0.3 is 16.0 Å². The molecule has 2 aromatic rings. The van der Waals surface area contributed by atoms with Crippen LogP contribution < -0.4 is 16.0 Å². The van der Waals surface area contributed by atoms with E-state index in [4.69, 9.17) is 0 Å². The Morgan fingerprint density at radius 3 is 2.38 bits per heavy atom. The number of hydrogen-bond donors (Lipinski definition) is 3. The van der Waals surface area contributed by atoms with Gasteiger partial charge in [-0.25, -0.2) is 0 Å². The van der Waals surface area contributed by atoms with E-state index in [2.05, 4.69) is 45.2 Å².